The van der Waals surface area contributed by atoms with Crippen molar-refractivity contribution in [2.45, 2.75) is 0 Å². The molecule has 8 nitrogen and oxygen atoms in total. The van der Waals surface area contributed by atoms with E-state index in [0.717, 1.165) is 0 Å². The van der Waals surface area contributed by atoms with Crippen LogP contribution in [0.1, 0.15) is 15.9 Å². The lowest BCUT2D eigenvalue weighted by Gasteiger charge is -2.12. The first-order valence-corrected chi connectivity index (χ1v) is 8.03. The molecule has 0 aliphatic carbocycles. The number of carbonyl (C=O) groups excluding carboxylic acids is 1. The van der Waals surface area contributed by atoms with Crippen LogP contribution in [0.15, 0.2) is 41.5 Å². The molecule has 0 aromatic heterocycles. The molecule has 2 aromatic rings. The monoisotopic (exact) mass is 392 g/mol. The van der Waals surface area contributed by atoms with Gasteiger partial charge in [-0.15, -0.1) is 0 Å². The van der Waals surface area contributed by atoms with E-state index in [0.29, 0.717) is 10.8 Å². The van der Waals surface area contributed by atoms with Gasteiger partial charge in [0.15, 0.2) is 18.1 Å². The molecule has 1 amide bonds. The molecule has 0 saturated heterocycles. The van der Waals surface area contributed by atoms with Gasteiger partial charge in [0, 0.05) is 5.56 Å². The molecule has 2 rings (SSSR count). The molecule has 0 heterocycles. The molecule has 2 aromatic carbocycles. The van der Waals surface area contributed by atoms with Crippen molar-refractivity contribution in [1.29, 1.82) is 0 Å². The maximum Gasteiger partial charge on any atom is 0.340 e. The van der Waals surface area contributed by atoms with Crippen LogP contribution in [0.25, 0.3) is 0 Å². The van der Waals surface area contributed by atoms with Crippen molar-refractivity contribution in [3.05, 3.63) is 52.5 Å². The Hall–Kier alpha value is -3.26. The van der Waals surface area contributed by atoms with Gasteiger partial charge in [0.05, 0.1) is 25.5 Å². The van der Waals surface area contributed by atoms with Gasteiger partial charge < -0.3 is 19.3 Å². The van der Waals surface area contributed by atoms with Crippen LogP contribution in [-0.2, 0) is 4.79 Å². The number of hydrazone groups is 1. The molecular formula is C18H17ClN2O6. The van der Waals surface area contributed by atoms with Crippen LogP contribution in [0.4, 0.5) is 0 Å². The summed E-state index contributed by atoms with van der Waals surface area (Å²) in [6.45, 7) is -0.307. The van der Waals surface area contributed by atoms with E-state index in [9.17, 15) is 14.7 Å². The zero-order chi connectivity index (χ0) is 19.8. The molecule has 0 aliphatic heterocycles. The Morgan fingerprint density at radius 3 is 2.52 bits per heavy atom. The molecule has 0 spiro atoms. The van der Waals surface area contributed by atoms with Crippen LogP contribution in [0, 0.1) is 0 Å². The van der Waals surface area contributed by atoms with Crippen molar-refractivity contribution in [2.24, 2.45) is 5.10 Å². The van der Waals surface area contributed by atoms with Crippen LogP contribution < -0.4 is 19.6 Å². The lowest BCUT2D eigenvalue weighted by Crippen LogP contribution is -2.24. The number of carbonyl (C=O) groups is 2. The van der Waals surface area contributed by atoms with E-state index < -0.39 is 11.9 Å². The second-order valence-corrected chi connectivity index (χ2v) is 5.49. The number of amides is 1. The molecule has 0 bridgehead atoms. The summed E-state index contributed by atoms with van der Waals surface area (Å²) in [5.74, 6) is -1.07. The fourth-order valence-corrected chi connectivity index (χ4v) is 2.37. The van der Waals surface area contributed by atoms with Crippen molar-refractivity contribution in [3.8, 4) is 17.2 Å². The number of nitrogens with one attached hydrogen (secondary N) is 1. The Morgan fingerprint density at radius 1 is 1.15 bits per heavy atom. The van der Waals surface area contributed by atoms with Crippen LogP contribution in [-0.4, -0.2) is 44.0 Å². The van der Waals surface area contributed by atoms with Crippen LogP contribution in [0.3, 0.4) is 0 Å². The smallest absolute Gasteiger partial charge is 0.340 e. The fraction of sp³-hybridized carbons (Fsp3) is 0.167. The molecule has 0 aliphatic rings. The number of carboxylic acids is 1. The average Bonchev–Trinajstić information content (AvgIpc) is 2.66. The Balaban J connectivity index is 2.06. The molecule has 0 unspecified atom stereocenters. The summed E-state index contributed by atoms with van der Waals surface area (Å²) in [5.41, 5.74) is 2.34. The highest BCUT2D eigenvalue weighted by Crippen LogP contribution is 2.32. The Kier molecular flexibility index (Phi) is 7.01. The van der Waals surface area contributed by atoms with Crippen molar-refractivity contribution in [3.63, 3.8) is 0 Å². The number of nitrogens with zero attached hydrogens (tertiary/aromatic N) is 1. The molecule has 2 N–H and O–H groups in total. The third-order valence-corrected chi connectivity index (χ3v) is 3.69. The van der Waals surface area contributed by atoms with Gasteiger partial charge in [0.2, 0.25) is 0 Å². The minimum Gasteiger partial charge on any atom is -0.493 e. The number of hydrogen-bond donors (Lipinski definition) is 2. The summed E-state index contributed by atoms with van der Waals surface area (Å²) >= 11 is 5.93. The summed E-state index contributed by atoms with van der Waals surface area (Å²) in [6.07, 6.45) is 1.19. The van der Waals surface area contributed by atoms with E-state index >= 15 is 0 Å². The number of benzene rings is 2. The summed E-state index contributed by atoms with van der Waals surface area (Å²) in [6, 6.07) is 9.75. The second kappa shape index (κ2) is 9.44. The number of halogens is 1. The molecule has 9 heteroatoms. The summed E-state index contributed by atoms with van der Waals surface area (Å²) < 4.78 is 15.5. The van der Waals surface area contributed by atoms with Gasteiger partial charge in [-0.3, -0.25) is 4.79 Å². The molecule has 0 atom stereocenters. The van der Waals surface area contributed by atoms with Gasteiger partial charge in [0.1, 0.15) is 11.3 Å². The summed E-state index contributed by atoms with van der Waals surface area (Å²) in [5, 5.41) is 13.6. The highest BCUT2D eigenvalue weighted by molar-refractivity contribution is 6.32. The lowest BCUT2D eigenvalue weighted by atomic mass is 10.1. The van der Waals surface area contributed by atoms with Gasteiger partial charge in [0.25, 0.3) is 5.91 Å². The van der Waals surface area contributed by atoms with E-state index in [1.54, 1.807) is 24.3 Å². The van der Waals surface area contributed by atoms with Crippen LogP contribution in [0.5, 0.6) is 17.2 Å². The van der Waals surface area contributed by atoms with E-state index in [2.05, 4.69) is 10.5 Å². The van der Waals surface area contributed by atoms with Crippen LogP contribution in [0.2, 0.25) is 5.02 Å². The van der Waals surface area contributed by atoms with Crippen molar-refractivity contribution >= 4 is 29.7 Å². The number of carboxylic acid groups (broad SMARTS) is 1. The highest BCUT2D eigenvalue weighted by atomic mass is 35.5. The van der Waals surface area contributed by atoms with Crippen LogP contribution >= 0.6 is 11.6 Å². The number of rotatable bonds is 8. The first-order chi connectivity index (χ1) is 13.0. The fourth-order valence-electron chi connectivity index (χ4n) is 2.18. The first kappa shape index (κ1) is 20.1. The highest BCUT2D eigenvalue weighted by Gasteiger charge is 2.20. The SMILES string of the molecule is COc1ccc(/C=N\NC(=O)COc2ccccc2Cl)c(C(=O)O)c1OC. The average molecular weight is 393 g/mol. The standard InChI is InChI=1S/C18H17ClN2O6/c1-25-14-8-7-11(16(18(23)24)17(14)26-2)9-20-21-15(22)10-27-13-6-4-3-5-12(13)19/h3-9H,10H2,1-2H3,(H,21,22)(H,23,24)/b20-9-. The lowest BCUT2D eigenvalue weighted by molar-refractivity contribution is -0.123. The maximum atomic E-state index is 11.8. The third kappa shape index (κ3) is 5.11. The molecule has 0 radical (unpaired) electrons. The van der Waals surface area contributed by atoms with Gasteiger partial charge in [-0.2, -0.15) is 5.10 Å². The quantitative estimate of drug-likeness (QED) is 0.528. The zero-order valence-electron chi connectivity index (χ0n) is 14.6. The topological polar surface area (TPSA) is 106 Å². The minimum absolute atomic E-state index is 0.0577. The second-order valence-electron chi connectivity index (χ2n) is 5.08. The van der Waals surface area contributed by atoms with E-state index in [1.807, 2.05) is 0 Å². The maximum absolute atomic E-state index is 11.8. The Labute approximate surface area is 160 Å². The molecule has 27 heavy (non-hydrogen) atoms. The van der Waals surface area contributed by atoms with Crippen molar-refractivity contribution in [2.75, 3.05) is 20.8 Å². The van der Waals surface area contributed by atoms with Crippen molar-refractivity contribution in [1.82, 2.24) is 5.43 Å². The predicted octanol–water partition coefficient (Wildman–Crippen LogP) is 2.58. The third-order valence-electron chi connectivity index (χ3n) is 3.38. The van der Waals surface area contributed by atoms with Gasteiger partial charge in [-0.1, -0.05) is 23.7 Å². The Bertz CT molecular complexity index is 869. The van der Waals surface area contributed by atoms with E-state index in [4.69, 9.17) is 25.8 Å². The van der Waals surface area contributed by atoms with E-state index in [1.165, 1.54) is 32.6 Å². The normalized spacial score (nSPS) is 10.5. The Morgan fingerprint density at radius 2 is 1.89 bits per heavy atom. The summed E-state index contributed by atoms with van der Waals surface area (Å²) in [4.78, 5) is 23.3. The number of hydrogen-bond acceptors (Lipinski definition) is 6. The first-order valence-electron chi connectivity index (χ1n) is 7.65. The van der Waals surface area contributed by atoms with Crippen molar-refractivity contribution < 1.29 is 28.9 Å². The predicted molar refractivity (Wildman–Crippen MR) is 99.2 cm³/mol. The minimum atomic E-state index is -1.22. The molecular weight excluding hydrogens is 376 g/mol. The number of para-hydroxylation sites is 1. The molecule has 0 saturated carbocycles. The molecule has 0 fully saturated rings. The number of methoxy groups -OCH3 is 2. The summed E-state index contributed by atoms with van der Waals surface area (Å²) in [7, 11) is 2.73. The van der Waals surface area contributed by atoms with Gasteiger partial charge in [-0.25, -0.2) is 10.2 Å². The zero-order valence-corrected chi connectivity index (χ0v) is 15.3. The number of aromatic carboxylic acids is 1. The van der Waals surface area contributed by atoms with E-state index in [-0.39, 0.29) is 29.2 Å². The van der Waals surface area contributed by atoms with Gasteiger partial charge >= 0.3 is 5.97 Å². The molecule has 142 valence electrons. The largest absolute Gasteiger partial charge is 0.493 e. The number of ether oxygens (including phenoxy) is 3. The van der Waals surface area contributed by atoms with Gasteiger partial charge in [-0.05, 0) is 24.3 Å².